The van der Waals surface area contributed by atoms with Crippen molar-refractivity contribution in [1.29, 1.82) is 0 Å². The van der Waals surface area contributed by atoms with Crippen LogP contribution in [0.1, 0.15) is 15.9 Å². The summed E-state index contributed by atoms with van der Waals surface area (Å²) in [5.41, 5.74) is 0.506. The van der Waals surface area contributed by atoms with Gasteiger partial charge in [-0.2, -0.15) is 0 Å². The predicted octanol–water partition coefficient (Wildman–Crippen LogP) is -2.35. The van der Waals surface area contributed by atoms with Crippen LogP contribution in [-0.4, -0.2) is 126 Å². The molecule has 2 aliphatic heterocycles. The Hall–Kier alpha value is -3.15. The summed E-state index contributed by atoms with van der Waals surface area (Å²) in [6.45, 7) is -1.23. The van der Waals surface area contributed by atoms with Gasteiger partial charge < -0.3 is 64.9 Å². The highest BCUT2D eigenvalue weighted by molar-refractivity contribution is 6.08. The van der Waals surface area contributed by atoms with Crippen molar-refractivity contribution >= 4 is 11.9 Å². The monoisotopic (exact) mass is 580 g/mol. The number of hydrogen-bond acceptors (Lipinski definition) is 14. The zero-order valence-corrected chi connectivity index (χ0v) is 21.5. The van der Waals surface area contributed by atoms with Gasteiger partial charge in [0.05, 0.1) is 18.8 Å². The highest BCUT2D eigenvalue weighted by Gasteiger charge is 2.45. The number of ketones is 1. The van der Waals surface area contributed by atoms with Crippen LogP contribution in [-0.2, 0) is 9.47 Å². The Morgan fingerprint density at radius 1 is 0.707 bits per heavy atom. The zero-order chi connectivity index (χ0) is 29.8. The van der Waals surface area contributed by atoms with E-state index in [9.17, 15) is 50.8 Å². The van der Waals surface area contributed by atoms with E-state index in [4.69, 9.17) is 18.9 Å². The lowest BCUT2D eigenvalue weighted by molar-refractivity contribution is -0.277. The first-order valence-electron chi connectivity index (χ1n) is 12.6. The van der Waals surface area contributed by atoms with Crippen LogP contribution in [0.25, 0.3) is 6.08 Å². The second-order valence-electron chi connectivity index (χ2n) is 9.58. The largest absolute Gasteiger partial charge is 0.507 e. The third kappa shape index (κ3) is 6.85. The Morgan fingerprint density at radius 3 is 1.68 bits per heavy atom. The number of carbonyl (C=O) groups excluding carboxylic acids is 1. The molecule has 10 atom stereocenters. The van der Waals surface area contributed by atoms with E-state index >= 15 is 0 Å². The molecule has 2 aromatic carbocycles. The maximum absolute atomic E-state index is 12.7. The Labute approximate surface area is 233 Å². The van der Waals surface area contributed by atoms with Gasteiger partial charge in [-0.05, 0) is 35.9 Å². The summed E-state index contributed by atoms with van der Waals surface area (Å²) in [5, 5.41) is 88.6. The lowest BCUT2D eigenvalue weighted by atomic mass is 9.99. The second-order valence-corrected chi connectivity index (χ2v) is 9.58. The number of aliphatic hydroxyl groups is 8. The average Bonchev–Trinajstić information content (AvgIpc) is 2.97. The van der Waals surface area contributed by atoms with E-state index in [1.165, 1.54) is 36.4 Å². The first-order chi connectivity index (χ1) is 19.5. The van der Waals surface area contributed by atoms with E-state index in [-0.39, 0.29) is 17.1 Å². The third-order valence-electron chi connectivity index (χ3n) is 6.74. The van der Waals surface area contributed by atoms with E-state index < -0.39 is 86.2 Å². The first kappa shape index (κ1) is 30.8. The molecule has 0 amide bonds. The van der Waals surface area contributed by atoms with Gasteiger partial charge in [0.25, 0.3) is 0 Å². The normalized spacial score (nSPS) is 34.0. The van der Waals surface area contributed by atoms with Gasteiger partial charge in [-0.15, -0.1) is 0 Å². The number of aromatic hydroxyl groups is 1. The average molecular weight is 581 g/mol. The summed E-state index contributed by atoms with van der Waals surface area (Å²) < 4.78 is 21.5. The standard InChI is InChI=1S/C27H32O14/c28-10-18-20(32)22(34)24(36)26(40-18)38-13-4-1-12(2-5-13)3-8-16(30)15-7-6-14(9-17(15)31)39-27-25(37)23(35)21(33)19(11-29)41-27/h1-9,18-29,31-37H,10-11H2/b8-3+/t18-,19-,20-,21?,22-,23-,24-,25-,26-,27-/m1/s1. The zero-order valence-electron chi connectivity index (χ0n) is 21.5. The summed E-state index contributed by atoms with van der Waals surface area (Å²) in [4.78, 5) is 12.7. The van der Waals surface area contributed by atoms with Crippen molar-refractivity contribution in [2.24, 2.45) is 0 Å². The van der Waals surface area contributed by atoms with Crippen LogP contribution in [0.5, 0.6) is 17.2 Å². The van der Waals surface area contributed by atoms with Gasteiger partial charge >= 0.3 is 0 Å². The molecule has 2 heterocycles. The van der Waals surface area contributed by atoms with Crippen LogP contribution in [0.4, 0.5) is 0 Å². The van der Waals surface area contributed by atoms with Gasteiger partial charge in [-0.3, -0.25) is 4.79 Å². The number of benzene rings is 2. The Morgan fingerprint density at radius 2 is 1.20 bits per heavy atom. The number of phenolic OH excluding ortho intramolecular Hbond substituents is 1. The maximum atomic E-state index is 12.7. The molecular weight excluding hydrogens is 548 g/mol. The van der Waals surface area contributed by atoms with Crippen molar-refractivity contribution < 1.29 is 69.7 Å². The smallest absolute Gasteiger partial charge is 0.229 e. The van der Waals surface area contributed by atoms with Gasteiger partial charge in [0.1, 0.15) is 66.1 Å². The van der Waals surface area contributed by atoms with Crippen molar-refractivity contribution in [3.05, 3.63) is 59.7 Å². The molecule has 2 fully saturated rings. The van der Waals surface area contributed by atoms with Gasteiger partial charge in [0, 0.05) is 6.07 Å². The molecular formula is C27H32O14. The molecule has 0 spiro atoms. The van der Waals surface area contributed by atoms with Crippen molar-refractivity contribution in [3.8, 4) is 17.2 Å². The summed E-state index contributed by atoms with van der Waals surface area (Å²) >= 11 is 0. The maximum Gasteiger partial charge on any atom is 0.229 e. The van der Waals surface area contributed by atoms with Crippen LogP contribution in [0.3, 0.4) is 0 Å². The lowest BCUT2D eigenvalue weighted by Gasteiger charge is -2.39. The Bertz CT molecular complexity index is 1200. The van der Waals surface area contributed by atoms with Crippen LogP contribution < -0.4 is 9.47 Å². The number of carbonyl (C=O) groups is 1. The molecule has 2 aliphatic rings. The van der Waals surface area contributed by atoms with E-state index in [1.54, 1.807) is 12.1 Å². The molecule has 14 heteroatoms. The molecule has 1 unspecified atom stereocenters. The van der Waals surface area contributed by atoms with Crippen LogP contribution in [0.15, 0.2) is 48.5 Å². The summed E-state index contributed by atoms with van der Waals surface area (Å²) in [5.74, 6) is -0.763. The molecule has 4 rings (SSSR count). The first-order valence-corrected chi connectivity index (χ1v) is 12.6. The molecule has 0 aromatic heterocycles. The molecule has 0 saturated carbocycles. The SMILES string of the molecule is O=C(/C=C/c1ccc(O[C@@H]2O[C@H](CO)[C@@H](O)[C@@H](O)[C@H]2O)cc1)c1ccc(O[C@@H]2O[C@H](CO)C(O)[C@@H](O)[C@H]2O)cc1O. The van der Waals surface area contributed by atoms with Gasteiger partial charge in [-0.1, -0.05) is 18.2 Å². The Balaban J connectivity index is 1.36. The summed E-state index contributed by atoms with van der Waals surface area (Å²) in [6, 6.07) is 9.89. The molecule has 224 valence electrons. The van der Waals surface area contributed by atoms with Crippen LogP contribution >= 0.6 is 0 Å². The topological polar surface area (TPSA) is 236 Å². The number of aliphatic hydroxyl groups excluding tert-OH is 8. The molecule has 0 aliphatic carbocycles. The number of ether oxygens (including phenoxy) is 4. The minimum atomic E-state index is -1.65. The fraction of sp³-hybridized carbons (Fsp3) is 0.444. The quantitative estimate of drug-likeness (QED) is 0.112. The predicted molar refractivity (Wildman–Crippen MR) is 137 cm³/mol. The summed E-state index contributed by atoms with van der Waals surface area (Å²) in [7, 11) is 0. The highest BCUT2D eigenvalue weighted by Crippen LogP contribution is 2.29. The van der Waals surface area contributed by atoms with E-state index in [0.717, 1.165) is 6.07 Å². The summed E-state index contributed by atoms with van der Waals surface area (Å²) in [6.07, 6.45) is -11.9. The van der Waals surface area contributed by atoms with Crippen molar-refractivity contribution in [1.82, 2.24) is 0 Å². The minimum Gasteiger partial charge on any atom is -0.507 e. The minimum absolute atomic E-state index is 0.0117. The fourth-order valence-electron chi connectivity index (χ4n) is 4.31. The molecule has 0 bridgehead atoms. The van der Waals surface area contributed by atoms with Gasteiger partial charge in [-0.25, -0.2) is 0 Å². The highest BCUT2D eigenvalue weighted by atomic mass is 16.7. The van der Waals surface area contributed by atoms with E-state index in [1.807, 2.05) is 0 Å². The number of hydrogen-bond donors (Lipinski definition) is 9. The van der Waals surface area contributed by atoms with E-state index in [0.29, 0.717) is 5.56 Å². The number of rotatable bonds is 9. The second kappa shape index (κ2) is 13.2. The molecule has 0 radical (unpaired) electrons. The van der Waals surface area contributed by atoms with Gasteiger partial charge in [0.2, 0.25) is 12.6 Å². The molecule has 41 heavy (non-hydrogen) atoms. The van der Waals surface area contributed by atoms with Crippen molar-refractivity contribution in [2.75, 3.05) is 13.2 Å². The van der Waals surface area contributed by atoms with Crippen LogP contribution in [0, 0.1) is 0 Å². The van der Waals surface area contributed by atoms with E-state index in [2.05, 4.69) is 0 Å². The van der Waals surface area contributed by atoms with Crippen LogP contribution in [0.2, 0.25) is 0 Å². The van der Waals surface area contributed by atoms with Gasteiger partial charge in [0.15, 0.2) is 5.78 Å². The molecule has 2 saturated heterocycles. The molecule has 14 nitrogen and oxygen atoms in total. The molecule has 2 aromatic rings. The number of phenols is 1. The van der Waals surface area contributed by atoms with Crippen molar-refractivity contribution in [3.63, 3.8) is 0 Å². The number of allylic oxidation sites excluding steroid dienone is 1. The fourth-order valence-corrected chi connectivity index (χ4v) is 4.31. The lowest BCUT2D eigenvalue weighted by Crippen LogP contribution is -2.60. The van der Waals surface area contributed by atoms with Crippen molar-refractivity contribution in [2.45, 2.75) is 61.4 Å². The molecule has 9 N–H and O–H groups in total. The third-order valence-corrected chi connectivity index (χ3v) is 6.74. The Kier molecular flexibility index (Phi) is 9.93.